The minimum atomic E-state index is -3.67. The molecule has 1 aliphatic rings. The molecule has 3 N–H and O–H groups in total. The number of nitrogens with one attached hydrogen (secondary N) is 1. The minimum Gasteiger partial charge on any atom is -0.399 e. The van der Waals surface area contributed by atoms with Crippen LogP contribution >= 0.6 is 0 Å². The molecule has 1 aromatic carbocycles. The summed E-state index contributed by atoms with van der Waals surface area (Å²) < 4.78 is 34.7. The first-order chi connectivity index (χ1) is 10.8. The van der Waals surface area contributed by atoms with Crippen LogP contribution in [0, 0.1) is 0 Å². The molecule has 1 fully saturated rings. The number of primary amides is 1. The number of nitrogens with zero attached hydrogens (tertiary/aromatic N) is 1. The molecule has 0 atom stereocenters. The molecular weight excluding hydrogens is 333 g/mol. The Morgan fingerprint density at radius 2 is 1.75 bits per heavy atom. The van der Waals surface area contributed by atoms with Crippen LogP contribution in [-0.4, -0.2) is 39.0 Å². The second-order valence-electron chi connectivity index (χ2n) is 6.72. The van der Waals surface area contributed by atoms with Crippen LogP contribution in [0.3, 0.4) is 0 Å². The van der Waals surface area contributed by atoms with Crippen molar-refractivity contribution in [2.75, 3.05) is 11.3 Å². The average molecular weight is 355 g/mol. The van der Waals surface area contributed by atoms with Gasteiger partial charge in [-0.05, 0) is 45.3 Å². The van der Waals surface area contributed by atoms with Crippen molar-refractivity contribution in [2.24, 2.45) is 5.73 Å². The Morgan fingerprint density at radius 3 is 2.21 bits per heavy atom. The molecule has 1 aromatic rings. The molecule has 0 radical (unpaired) electrons. The average Bonchev–Trinajstić information content (AvgIpc) is 2.64. The highest BCUT2D eigenvalue weighted by Gasteiger charge is 2.51. The van der Waals surface area contributed by atoms with E-state index in [0.717, 1.165) is 11.3 Å². The van der Waals surface area contributed by atoms with Crippen LogP contribution in [0.1, 0.15) is 27.7 Å². The van der Waals surface area contributed by atoms with Gasteiger partial charge in [0, 0.05) is 0 Å². The van der Waals surface area contributed by atoms with Crippen LogP contribution in [0.25, 0.3) is 0 Å². The Bertz CT molecular complexity index is 735. The minimum absolute atomic E-state index is 0.264. The number of sulfonamides is 1. The molecule has 10 heteroatoms. The summed E-state index contributed by atoms with van der Waals surface area (Å²) in [5.74, 6) is 0. The van der Waals surface area contributed by atoms with Gasteiger partial charge in [-0.15, -0.1) is 4.83 Å². The Kier molecular flexibility index (Phi) is 4.70. The van der Waals surface area contributed by atoms with Gasteiger partial charge >= 0.3 is 13.1 Å². The molecule has 1 aliphatic heterocycles. The van der Waals surface area contributed by atoms with E-state index in [2.05, 4.69) is 4.83 Å². The van der Waals surface area contributed by atoms with Crippen LogP contribution < -0.4 is 21.0 Å². The maximum absolute atomic E-state index is 11.6. The first-order valence-electron chi connectivity index (χ1n) is 7.35. The number of rotatable bonds is 4. The number of carbonyl (C=O) groups excluding carboxylic acids is 1. The third-order valence-electron chi connectivity index (χ3n) is 4.13. The number of hydrazine groups is 1. The molecule has 0 unspecified atom stereocenters. The van der Waals surface area contributed by atoms with Crippen molar-refractivity contribution >= 4 is 34.3 Å². The van der Waals surface area contributed by atoms with Gasteiger partial charge in [0.15, 0.2) is 0 Å². The van der Waals surface area contributed by atoms with Crippen LogP contribution in [0.4, 0.5) is 10.5 Å². The second-order valence-corrected chi connectivity index (χ2v) is 8.45. The predicted molar refractivity (Wildman–Crippen MR) is 92.2 cm³/mol. The van der Waals surface area contributed by atoms with Gasteiger partial charge in [0.1, 0.15) is 0 Å². The van der Waals surface area contributed by atoms with Gasteiger partial charge in [-0.1, -0.05) is 12.1 Å². The number of urea groups is 1. The van der Waals surface area contributed by atoms with Crippen LogP contribution in [0.2, 0.25) is 0 Å². The first-order valence-corrected chi connectivity index (χ1v) is 9.24. The van der Waals surface area contributed by atoms with Crippen LogP contribution in [0.15, 0.2) is 24.3 Å². The lowest BCUT2D eigenvalue weighted by atomic mass is 9.79. The summed E-state index contributed by atoms with van der Waals surface area (Å²) in [4.78, 5) is 13.6. The van der Waals surface area contributed by atoms with E-state index in [0.29, 0.717) is 5.46 Å². The number of amides is 2. The molecule has 0 bridgehead atoms. The summed E-state index contributed by atoms with van der Waals surface area (Å²) in [6.45, 7) is 7.71. The van der Waals surface area contributed by atoms with Crippen LogP contribution in [-0.2, 0) is 19.3 Å². The molecule has 0 saturated carbocycles. The normalized spacial score (nSPS) is 19.3. The zero-order valence-corrected chi connectivity index (χ0v) is 15.2. The smallest absolute Gasteiger partial charge is 0.399 e. The molecule has 0 aliphatic carbocycles. The highest BCUT2D eigenvalue weighted by atomic mass is 32.2. The predicted octanol–water partition coefficient (Wildman–Crippen LogP) is 0.335. The van der Waals surface area contributed by atoms with Gasteiger partial charge in [-0.3, -0.25) is 0 Å². The number of hydrogen-bond acceptors (Lipinski definition) is 5. The summed E-state index contributed by atoms with van der Waals surface area (Å²) in [6.07, 6.45) is 0.932. The fourth-order valence-corrected chi connectivity index (χ4v) is 2.71. The molecule has 1 heterocycles. The molecule has 0 aromatic heterocycles. The molecule has 8 nitrogen and oxygen atoms in total. The molecule has 2 rings (SSSR count). The van der Waals surface area contributed by atoms with Crippen molar-refractivity contribution in [3.05, 3.63) is 24.3 Å². The monoisotopic (exact) mass is 355 g/mol. The molecule has 0 spiro atoms. The number of carbonyl (C=O) groups is 1. The summed E-state index contributed by atoms with van der Waals surface area (Å²) in [5, 5.41) is 0.754. The fourth-order valence-electron chi connectivity index (χ4n) is 2.18. The highest BCUT2D eigenvalue weighted by Crippen LogP contribution is 2.36. The molecule has 1 saturated heterocycles. The number of nitrogens with two attached hydrogens (primary N) is 1. The van der Waals surface area contributed by atoms with Crippen molar-refractivity contribution in [3.63, 3.8) is 0 Å². The molecule has 2 amide bonds. The lowest BCUT2D eigenvalue weighted by Gasteiger charge is -2.32. The van der Waals surface area contributed by atoms with E-state index in [1.54, 1.807) is 24.3 Å². The number of benzene rings is 1. The quantitative estimate of drug-likeness (QED) is 0.598. The third-order valence-corrected chi connectivity index (χ3v) is 4.65. The Hall–Kier alpha value is -1.62. The Morgan fingerprint density at radius 1 is 1.21 bits per heavy atom. The van der Waals surface area contributed by atoms with Gasteiger partial charge in [0.25, 0.3) is 0 Å². The van der Waals surface area contributed by atoms with E-state index < -0.39 is 34.4 Å². The second kappa shape index (κ2) is 6.03. The van der Waals surface area contributed by atoms with Crippen molar-refractivity contribution < 1.29 is 22.5 Å². The van der Waals surface area contributed by atoms with E-state index in [1.807, 2.05) is 27.7 Å². The largest absolute Gasteiger partial charge is 0.494 e. The van der Waals surface area contributed by atoms with Gasteiger partial charge in [-0.2, -0.15) is 0 Å². The Balaban J connectivity index is 2.34. The maximum atomic E-state index is 11.6. The SMILES string of the molecule is CC1(C)OB(c2cccc(N(NS(C)(=O)=O)C(N)=O)c2)OC1(C)C. The van der Waals surface area contributed by atoms with E-state index in [9.17, 15) is 13.2 Å². The molecule has 24 heavy (non-hydrogen) atoms. The van der Waals surface area contributed by atoms with Crippen molar-refractivity contribution in [3.8, 4) is 0 Å². The first kappa shape index (κ1) is 18.7. The van der Waals surface area contributed by atoms with Crippen LogP contribution in [0.5, 0.6) is 0 Å². The highest BCUT2D eigenvalue weighted by molar-refractivity contribution is 7.88. The lowest BCUT2D eigenvalue weighted by molar-refractivity contribution is 0.00578. The molecular formula is C14H22BN3O5S. The van der Waals surface area contributed by atoms with E-state index in [1.165, 1.54) is 0 Å². The molecule has 132 valence electrons. The summed E-state index contributed by atoms with van der Waals surface area (Å²) in [7, 11) is -4.31. The zero-order chi connectivity index (χ0) is 18.3. The standard InChI is InChI=1S/C14H22BN3O5S/c1-13(2)14(3,4)23-15(22-13)10-7-6-8-11(9-10)18(12(16)19)17-24(5,20)21/h6-9,17H,1-5H3,(H2,16,19). The van der Waals surface area contributed by atoms with Gasteiger partial charge in [0.2, 0.25) is 10.0 Å². The third kappa shape index (κ3) is 3.89. The van der Waals surface area contributed by atoms with E-state index in [4.69, 9.17) is 15.0 Å². The number of anilines is 1. The summed E-state index contributed by atoms with van der Waals surface area (Å²) in [5.41, 5.74) is 5.15. The summed E-state index contributed by atoms with van der Waals surface area (Å²) >= 11 is 0. The van der Waals surface area contributed by atoms with E-state index >= 15 is 0 Å². The van der Waals surface area contributed by atoms with Gasteiger partial charge < -0.3 is 15.0 Å². The zero-order valence-electron chi connectivity index (χ0n) is 14.4. The lowest BCUT2D eigenvalue weighted by Crippen LogP contribution is -2.49. The van der Waals surface area contributed by atoms with Crippen molar-refractivity contribution in [2.45, 2.75) is 38.9 Å². The van der Waals surface area contributed by atoms with Gasteiger partial charge in [0.05, 0.1) is 23.1 Å². The van der Waals surface area contributed by atoms with Crippen molar-refractivity contribution in [1.29, 1.82) is 0 Å². The number of hydrogen-bond donors (Lipinski definition) is 2. The topological polar surface area (TPSA) is 111 Å². The maximum Gasteiger partial charge on any atom is 0.494 e. The summed E-state index contributed by atoms with van der Waals surface area (Å²) in [6, 6.07) is 5.62. The van der Waals surface area contributed by atoms with Gasteiger partial charge in [-0.25, -0.2) is 18.2 Å². The fraction of sp³-hybridized carbons (Fsp3) is 0.500. The van der Waals surface area contributed by atoms with E-state index in [-0.39, 0.29) is 5.69 Å². The Labute approximate surface area is 142 Å². The van der Waals surface area contributed by atoms with Crippen molar-refractivity contribution in [1.82, 2.24) is 4.83 Å².